The van der Waals surface area contributed by atoms with Gasteiger partial charge in [0.1, 0.15) is 11.0 Å². The molecule has 2 unspecified atom stereocenters. The fourth-order valence-corrected chi connectivity index (χ4v) is 1.50. The maximum Gasteiger partial charge on any atom is 0.451 e. The molecule has 0 fully saturated rings. The van der Waals surface area contributed by atoms with Crippen molar-refractivity contribution >= 4 is 28.2 Å². The molecule has 1 aromatic rings. The van der Waals surface area contributed by atoms with Crippen molar-refractivity contribution in [2.24, 2.45) is 0 Å². The normalized spacial score (nSPS) is 15.2. The Morgan fingerprint density at radius 2 is 2.11 bits per heavy atom. The molecule has 0 aliphatic rings. The van der Waals surface area contributed by atoms with E-state index in [1.807, 2.05) is 0 Å². The van der Waals surface area contributed by atoms with Gasteiger partial charge in [0.05, 0.1) is 0 Å². The first-order valence-corrected chi connectivity index (χ1v) is 6.88. The van der Waals surface area contributed by atoms with Gasteiger partial charge in [-0.15, -0.1) is 0 Å². The predicted molar refractivity (Wildman–Crippen MR) is 64.1 cm³/mol. The number of rotatable bonds is 4. The van der Waals surface area contributed by atoms with Gasteiger partial charge in [0.2, 0.25) is 5.82 Å². The standard InChI is InChI=1S/C9H11ClF3N3OS/c1-5(18(2)17)4-14-7-3-6(10)15-8(16-7)9(11,12)13/h3,5H,4H2,1-2H3,(H,14,15,16). The monoisotopic (exact) mass is 301 g/mol. The Kier molecular flexibility index (Phi) is 4.92. The van der Waals surface area contributed by atoms with Crippen molar-refractivity contribution in [2.75, 3.05) is 18.1 Å². The van der Waals surface area contributed by atoms with Crippen LogP contribution in [-0.4, -0.2) is 32.2 Å². The number of halogens is 4. The molecule has 0 bridgehead atoms. The van der Waals surface area contributed by atoms with Crippen LogP contribution in [0.5, 0.6) is 0 Å². The van der Waals surface area contributed by atoms with Crippen molar-refractivity contribution in [1.82, 2.24) is 9.97 Å². The predicted octanol–water partition coefficient (Wildman–Crippen LogP) is 2.33. The molecule has 102 valence electrons. The van der Waals surface area contributed by atoms with Crippen LogP contribution in [0.2, 0.25) is 5.15 Å². The van der Waals surface area contributed by atoms with E-state index < -0.39 is 22.8 Å². The number of hydrogen-bond acceptors (Lipinski definition) is 4. The molecule has 1 aromatic heterocycles. The fourth-order valence-electron chi connectivity index (χ4n) is 1.00. The van der Waals surface area contributed by atoms with Crippen LogP contribution in [0.4, 0.5) is 19.0 Å². The first kappa shape index (κ1) is 15.2. The molecule has 1 rings (SSSR count). The summed E-state index contributed by atoms with van der Waals surface area (Å²) in [6, 6.07) is 1.18. The summed E-state index contributed by atoms with van der Waals surface area (Å²) in [4.78, 5) is 6.40. The zero-order chi connectivity index (χ0) is 13.9. The summed E-state index contributed by atoms with van der Waals surface area (Å²) in [5.74, 6) is -1.35. The second-order valence-electron chi connectivity index (χ2n) is 3.59. The fraction of sp³-hybridized carbons (Fsp3) is 0.556. The molecule has 0 spiro atoms. The van der Waals surface area contributed by atoms with E-state index in [0.717, 1.165) is 0 Å². The highest BCUT2D eigenvalue weighted by atomic mass is 35.5. The van der Waals surface area contributed by atoms with Gasteiger partial charge in [0.25, 0.3) is 0 Å². The van der Waals surface area contributed by atoms with Gasteiger partial charge in [0, 0.05) is 34.9 Å². The average molecular weight is 302 g/mol. The quantitative estimate of drug-likeness (QED) is 0.867. The van der Waals surface area contributed by atoms with Gasteiger partial charge in [-0.3, -0.25) is 4.21 Å². The smallest absolute Gasteiger partial charge is 0.369 e. The highest BCUT2D eigenvalue weighted by molar-refractivity contribution is 7.84. The molecule has 1 N–H and O–H groups in total. The van der Waals surface area contributed by atoms with Crippen LogP contribution < -0.4 is 5.32 Å². The Morgan fingerprint density at radius 3 is 2.61 bits per heavy atom. The van der Waals surface area contributed by atoms with E-state index in [4.69, 9.17) is 11.6 Å². The highest BCUT2D eigenvalue weighted by Gasteiger charge is 2.35. The zero-order valence-electron chi connectivity index (χ0n) is 9.58. The number of anilines is 1. The van der Waals surface area contributed by atoms with Crippen LogP contribution in [0.25, 0.3) is 0 Å². The molecule has 0 saturated carbocycles. The van der Waals surface area contributed by atoms with E-state index in [2.05, 4.69) is 15.3 Å². The summed E-state index contributed by atoms with van der Waals surface area (Å²) in [6.45, 7) is 1.93. The Bertz CT molecular complexity index is 455. The van der Waals surface area contributed by atoms with Crippen LogP contribution in [0, 0.1) is 0 Å². The van der Waals surface area contributed by atoms with E-state index in [-0.39, 0.29) is 22.8 Å². The van der Waals surface area contributed by atoms with E-state index in [0.29, 0.717) is 0 Å². The van der Waals surface area contributed by atoms with E-state index in [1.54, 1.807) is 6.92 Å². The molecule has 18 heavy (non-hydrogen) atoms. The summed E-state index contributed by atoms with van der Waals surface area (Å²) in [7, 11) is -1.07. The van der Waals surface area contributed by atoms with Crippen LogP contribution in [0.3, 0.4) is 0 Å². The van der Waals surface area contributed by atoms with Gasteiger partial charge in [-0.2, -0.15) is 13.2 Å². The zero-order valence-corrected chi connectivity index (χ0v) is 11.2. The molecule has 0 aromatic carbocycles. The Labute approximate surface area is 109 Å². The SMILES string of the molecule is CC(CNc1cc(Cl)nc(C(F)(F)F)n1)S(C)=O. The lowest BCUT2D eigenvalue weighted by Gasteiger charge is -2.12. The van der Waals surface area contributed by atoms with Crippen molar-refractivity contribution in [3.8, 4) is 0 Å². The maximum absolute atomic E-state index is 12.4. The lowest BCUT2D eigenvalue weighted by atomic mass is 10.4. The third-order valence-electron chi connectivity index (χ3n) is 2.09. The molecule has 0 radical (unpaired) electrons. The lowest BCUT2D eigenvalue weighted by Crippen LogP contribution is -2.22. The number of nitrogens with one attached hydrogen (secondary N) is 1. The molecular weight excluding hydrogens is 291 g/mol. The Balaban J connectivity index is 2.84. The minimum absolute atomic E-state index is 0.0420. The second kappa shape index (κ2) is 5.83. The Morgan fingerprint density at radius 1 is 1.50 bits per heavy atom. The molecule has 2 atom stereocenters. The summed E-state index contributed by atoms with van der Waals surface area (Å²) in [5.41, 5.74) is 0. The van der Waals surface area contributed by atoms with Crippen molar-refractivity contribution in [3.63, 3.8) is 0 Å². The number of hydrogen-bond donors (Lipinski definition) is 1. The van der Waals surface area contributed by atoms with Gasteiger partial charge in [-0.05, 0) is 6.92 Å². The first-order valence-electron chi connectivity index (χ1n) is 4.88. The topological polar surface area (TPSA) is 54.9 Å². The molecule has 0 aliphatic heterocycles. The first-order chi connectivity index (χ1) is 8.20. The summed E-state index contributed by atoms with van der Waals surface area (Å²) in [6.07, 6.45) is -3.14. The number of aromatic nitrogens is 2. The lowest BCUT2D eigenvalue weighted by molar-refractivity contribution is -0.144. The summed E-state index contributed by atoms with van der Waals surface area (Å²) < 4.78 is 48.3. The van der Waals surface area contributed by atoms with Crippen LogP contribution >= 0.6 is 11.6 Å². The third-order valence-corrected chi connectivity index (χ3v) is 3.58. The third kappa shape index (κ3) is 4.41. The van der Waals surface area contributed by atoms with Crippen LogP contribution in [-0.2, 0) is 17.0 Å². The van der Waals surface area contributed by atoms with Gasteiger partial charge >= 0.3 is 6.18 Å². The van der Waals surface area contributed by atoms with E-state index in [9.17, 15) is 17.4 Å². The van der Waals surface area contributed by atoms with E-state index in [1.165, 1.54) is 12.3 Å². The van der Waals surface area contributed by atoms with Gasteiger partial charge < -0.3 is 5.32 Å². The van der Waals surface area contributed by atoms with Gasteiger partial charge in [-0.25, -0.2) is 9.97 Å². The molecular formula is C9H11ClF3N3OS. The van der Waals surface area contributed by atoms with Crippen LogP contribution in [0.15, 0.2) is 6.07 Å². The Hall–Kier alpha value is -0.890. The minimum atomic E-state index is -4.65. The number of alkyl halides is 3. The highest BCUT2D eigenvalue weighted by Crippen LogP contribution is 2.28. The molecule has 9 heteroatoms. The minimum Gasteiger partial charge on any atom is -0.369 e. The molecule has 4 nitrogen and oxygen atoms in total. The summed E-state index contributed by atoms with van der Waals surface area (Å²) in [5, 5.41) is 2.13. The number of nitrogens with zero attached hydrogens (tertiary/aromatic N) is 2. The molecule has 0 aliphatic carbocycles. The molecule has 0 amide bonds. The average Bonchev–Trinajstić information content (AvgIpc) is 2.23. The van der Waals surface area contributed by atoms with Crippen LogP contribution in [0.1, 0.15) is 12.7 Å². The van der Waals surface area contributed by atoms with Gasteiger partial charge in [0.15, 0.2) is 0 Å². The molecule has 1 heterocycles. The van der Waals surface area contributed by atoms with Crippen molar-refractivity contribution < 1.29 is 17.4 Å². The van der Waals surface area contributed by atoms with E-state index >= 15 is 0 Å². The molecule has 0 saturated heterocycles. The van der Waals surface area contributed by atoms with Crippen molar-refractivity contribution in [2.45, 2.75) is 18.3 Å². The van der Waals surface area contributed by atoms with Crippen molar-refractivity contribution in [1.29, 1.82) is 0 Å². The summed E-state index contributed by atoms with van der Waals surface area (Å²) >= 11 is 5.48. The van der Waals surface area contributed by atoms with Gasteiger partial charge in [-0.1, -0.05) is 11.6 Å². The largest absolute Gasteiger partial charge is 0.451 e. The second-order valence-corrected chi connectivity index (χ2v) is 5.78. The maximum atomic E-state index is 12.4. The van der Waals surface area contributed by atoms with Crippen molar-refractivity contribution in [3.05, 3.63) is 17.0 Å².